The van der Waals surface area contributed by atoms with Crippen LogP contribution in [0.1, 0.15) is 17.0 Å². The topological polar surface area (TPSA) is 60.7 Å². The molecule has 0 atom stereocenters. The smallest absolute Gasteiger partial charge is 0.236 e. The van der Waals surface area contributed by atoms with E-state index < -0.39 is 0 Å². The SMILES string of the molecule is COc1ccc(OC)c(-c2nc3nc(C)cc(C)n3c2NCc2ccccc2)c1. The molecule has 0 aliphatic rings. The third-order valence-electron chi connectivity index (χ3n) is 4.87. The van der Waals surface area contributed by atoms with E-state index >= 15 is 0 Å². The molecule has 0 unspecified atom stereocenters. The molecule has 0 saturated heterocycles. The number of aromatic nitrogens is 3. The fraction of sp³-hybridized carbons (Fsp3) is 0.217. The molecule has 29 heavy (non-hydrogen) atoms. The van der Waals surface area contributed by atoms with Gasteiger partial charge in [-0.05, 0) is 43.7 Å². The highest BCUT2D eigenvalue weighted by Gasteiger charge is 2.20. The maximum absolute atomic E-state index is 5.61. The van der Waals surface area contributed by atoms with E-state index in [0.29, 0.717) is 12.3 Å². The molecule has 0 bridgehead atoms. The Kier molecular flexibility index (Phi) is 5.08. The summed E-state index contributed by atoms with van der Waals surface area (Å²) in [5, 5.41) is 3.56. The summed E-state index contributed by atoms with van der Waals surface area (Å²) >= 11 is 0. The van der Waals surface area contributed by atoms with E-state index in [4.69, 9.17) is 14.5 Å². The Morgan fingerprint density at radius 2 is 1.72 bits per heavy atom. The normalized spacial score (nSPS) is 10.9. The number of nitrogens with one attached hydrogen (secondary N) is 1. The van der Waals surface area contributed by atoms with Crippen molar-refractivity contribution < 1.29 is 9.47 Å². The summed E-state index contributed by atoms with van der Waals surface area (Å²) < 4.78 is 13.1. The van der Waals surface area contributed by atoms with E-state index in [1.165, 1.54) is 5.56 Å². The lowest BCUT2D eigenvalue weighted by atomic mass is 10.1. The maximum atomic E-state index is 5.61. The van der Waals surface area contributed by atoms with Crippen molar-refractivity contribution in [2.75, 3.05) is 19.5 Å². The first-order valence-electron chi connectivity index (χ1n) is 9.47. The molecule has 0 fully saturated rings. The summed E-state index contributed by atoms with van der Waals surface area (Å²) in [6.07, 6.45) is 0. The van der Waals surface area contributed by atoms with Crippen LogP contribution in [0.5, 0.6) is 11.5 Å². The van der Waals surface area contributed by atoms with Crippen LogP contribution in [-0.4, -0.2) is 28.6 Å². The molecule has 1 N–H and O–H groups in total. The number of rotatable bonds is 6. The number of ether oxygens (including phenoxy) is 2. The van der Waals surface area contributed by atoms with Crippen LogP contribution in [0.25, 0.3) is 17.0 Å². The Balaban J connectivity index is 1.90. The maximum Gasteiger partial charge on any atom is 0.236 e. The molecule has 0 radical (unpaired) electrons. The first-order chi connectivity index (χ1) is 14.1. The standard InChI is InChI=1S/C23H24N4O2/c1-15-12-16(2)27-22(24-14-17-8-6-5-7-9-17)21(26-23(27)25-15)19-13-18(28-3)10-11-20(19)29-4/h5-13,24H,14H2,1-4H3. The molecule has 148 valence electrons. The van der Waals surface area contributed by atoms with Gasteiger partial charge in [-0.15, -0.1) is 0 Å². The molecule has 2 aromatic heterocycles. The average molecular weight is 388 g/mol. The van der Waals surface area contributed by atoms with Crippen LogP contribution in [0.3, 0.4) is 0 Å². The number of anilines is 1. The van der Waals surface area contributed by atoms with Crippen LogP contribution >= 0.6 is 0 Å². The van der Waals surface area contributed by atoms with Crippen LogP contribution in [0.15, 0.2) is 54.6 Å². The summed E-state index contributed by atoms with van der Waals surface area (Å²) in [4.78, 5) is 9.49. The molecule has 6 nitrogen and oxygen atoms in total. The van der Waals surface area contributed by atoms with Gasteiger partial charge in [0.15, 0.2) is 0 Å². The Morgan fingerprint density at radius 3 is 2.45 bits per heavy atom. The van der Waals surface area contributed by atoms with Gasteiger partial charge in [-0.2, -0.15) is 0 Å². The molecule has 2 heterocycles. The fourth-order valence-corrected chi connectivity index (χ4v) is 3.51. The fourth-order valence-electron chi connectivity index (χ4n) is 3.51. The minimum Gasteiger partial charge on any atom is -0.497 e. The lowest BCUT2D eigenvalue weighted by Gasteiger charge is -2.13. The second kappa shape index (κ2) is 7.83. The van der Waals surface area contributed by atoms with Crippen LogP contribution in [0, 0.1) is 13.8 Å². The van der Waals surface area contributed by atoms with Crippen LogP contribution in [0.2, 0.25) is 0 Å². The highest BCUT2D eigenvalue weighted by atomic mass is 16.5. The van der Waals surface area contributed by atoms with Crippen molar-refractivity contribution >= 4 is 11.6 Å². The Bertz CT molecular complexity index is 1150. The number of fused-ring (bicyclic) bond motifs is 1. The van der Waals surface area contributed by atoms with Gasteiger partial charge < -0.3 is 14.8 Å². The summed E-state index contributed by atoms with van der Waals surface area (Å²) in [7, 11) is 3.31. The molecule has 0 aliphatic heterocycles. The van der Waals surface area contributed by atoms with Crippen molar-refractivity contribution in [3.05, 3.63) is 71.5 Å². The van der Waals surface area contributed by atoms with Gasteiger partial charge in [-0.3, -0.25) is 4.40 Å². The Labute approximate surface area is 170 Å². The van der Waals surface area contributed by atoms with Gasteiger partial charge in [-0.25, -0.2) is 9.97 Å². The summed E-state index contributed by atoms with van der Waals surface area (Å²) in [5.74, 6) is 3.00. The highest BCUT2D eigenvalue weighted by molar-refractivity contribution is 5.80. The quantitative estimate of drug-likeness (QED) is 0.521. The molecule has 0 spiro atoms. The van der Waals surface area contributed by atoms with Crippen molar-refractivity contribution in [3.63, 3.8) is 0 Å². The van der Waals surface area contributed by atoms with Crippen molar-refractivity contribution in [1.82, 2.24) is 14.4 Å². The highest BCUT2D eigenvalue weighted by Crippen LogP contribution is 2.38. The van der Waals surface area contributed by atoms with E-state index in [1.807, 2.05) is 47.7 Å². The number of nitrogens with zero attached hydrogens (tertiary/aromatic N) is 3. The average Bonchev–Trinajstić information content (AvgIpc) is 3.10. The zero-order valence-corrected chi connectivity index (χ0v) is 17.1. The number of hydrogen-bond donors (Lipinski definition) is 1. The second-order valence-electron chi connectivity index (χ2n) is 6.89. The van der Waals surface area contributed by atoms with E-state index in [0.717, 1.165) is 40.0 Å². The van der Waals surface area contributed by atoms with Crippen molar-refractivity contribution in [2.45, 2.75) is 20.4 Å². The van der Waals surface area contributed by atoms with E-state index in [9.17, 15) is 0 Å². The van der Waals surface area contributed by atoms with Gasteiger partial charge in [0.2, 0.25) is 5.78 Å². The first-order valence-corrected chi connectivity index (χ1v) is 9.47. The van der Waals surface area contributed by atoms with E-state index in [2.05, 4.69) is 35.4 Å². The van der Waals surface area contributed by atoms with Crippen LogP contribution < -0.4 is 14.8 Å². The molecule has 4 aromatic rings. The number of hydrogen-bond acceptors (Lipinski definition) is 5. The van der Waals surface area contributed by atoms with Gasteiger partial charge in [-0.1, -0.05) is 30.3 Å². The molecular weight excluding hydrogens is 364 g/mol. The van der Waals surface area contributed by atoms with Crippen LogP contribution in [-0.2, 0) is 6.54 Å². The summed E-state index contributed by atoms with van der Waals surface area (Å²) in [5.41, 5.74) is 4.80. The third kappa shape index (κ3) is 3.61. The first kappa shape index (κ1) is 18.8. The van der Waals surface area contributed by atoms with Gasteiger partial charge in [0.05, 0.1) is 14.2 Å². The number of benzene rings is 2. The van der Waals surface area contributed by atoms with Gasteiger partial charge in [0.25, 0.3) is 0 Å². The predicted molar refractivity (Wildman–Crippen MR) is 115 cm³/mol. The van der Waals surface area contributed by atoms with Crippen molar-refractivity contribution in [2.24, 2.45) is 0 Å². The zero-order chi connectivity index (χ0) is 20.4. The molecule has 0 amide bonds. The zero-order valence-electron chi connectivity index (χ0n) is 17.1. The summed E-state index contributed by atoms with van der Waals surface area (Å²) in [6, 6.07) is 18.0. The Hall–Kier alpha value is -3.54. The number of aryl methyl sites for hydroxylation is 2. The van der Waals surface area contributed by atoms with E-state index in [-0.39, 0.29) is 0 Å². The monoisotopic (exact) mass is 388 g/mol. The Morgan fingerprint density at radius 1 is 0.931 bits per heavy atom. The lowest BCUT2D eigenvalue weighted by Crippen LogP contribution is -2.06. The molecule has 0 saturated carbocycles. The van der Waals surface area contributed by atoms with E-state index in [1.54, 1.807) is 14.2 Å². The van der Waals surface area contributed by atoms with Gasteiger partial charge >= 0.3 is 0 Å². The predicted octanol–water partition coefficient (Wildman–Crippen LogP) is 4.64. The second-order valence-corrected chi connectivity index (χ2v) is 6.89. The van der Waals surface area contributed by atoms with Crippen molar-refractivity contribution in [3.8, 4) is 22.8 Å². The molecule has 4 rings (SSSR count). The number of imidazole rings is 1. The third-order valence-corrected chi connectivity index (χ3v) is 4.87. The largest absolute Gasteiger partial charge is 0.497 e. The lowest BCUT2D eigenvalue weighted by molar-refractivity contribution is 0.404. The molecule has 2 aromatic carbocycles. The minimum absolute atomic E-state index is 0.651. The minimum atomic E-state index is 0.651. The molecule has 6 heteroatoms. The molecular formula is C23H24N4O2. The van der Waals surface area contributed by atoms with Gasteiger partial charge in [0, 0.05) is 23.5 Å². The van der Waals surface area contributed by atoms with Crippen molar-refractivity contribution in [1.29, 1.82) is 0 Å². The van der Waals surface area contributed by atoms with Crippen LogP contribution in [0.4, 0.5) is 5.82 Å². The number of methoxy groups -OCH3 is 2. The molecule has 0 aliphatic carbocycles. The summed E-state index contributed by atoms with van der Waals surface area (Å²) in [6.45, 7) is 4.70. The van der Waals surface area contributed by atoms with Gasteiger partial charge in [0.1, 0.15) is 23.0 Å².